The standard InChI is InChI=1S/C12H18F2N3O2PS/c1-2-9(19-10-6-4-3-5-7-10)8-12(13,14)11(18)17-20(15,16)21/h3-7,9H,2,8H2,1H3,(H5,15,16,17,18,21). The van der Waals surface area contributed by atoms with Crippen molar-refractivity contribution in [3.63, 3.8) is 0 Å². The normalized spacial score (nSPS) is 13.6. The van der Waals surface area contributed by atoms with Crippen LogP contribution in [0.1, 0.15) is 19.8 Å². The first-order valence-corrected chi connectivity index (χ1v) is 9.17. The Morgan fingerprint density at radius 2 is 2.00 bits per heavy atom. The van der Waals surface area contributed by atoms with E-state index in [-0.39, 0.29) is 0 Å². The number of carbonyl (C=O) groups is 1. The van der Waals surface area contributed by atoms with Gasteiger partial charge in [-0.3, -0.25) is 15.8 Å². The predicted molar refractivity (Wildman–Crippen MR) is 81.5 cm³/mol. The van der Waals surface area contributed by atoms with Crippen LogP contribution < -0.4 is 20.8 Å². The Hall–Kier alpha value is -1.08. The molecule has 1 aromatic rings. The monoisotopic (exact) mass is 337 g/mol. The summed E-state index contributed by atoms with van der Waals surface area (Å²) in [6.45, 7) is -1.53. The van der Waals surface area contributed by atoms with Gasteiger partial charge in [0.05, 0.1) is 6.42 Å². The number of halogens is 2. The third-order valence-electron chi connectivity index (χ3n) is 2.59. The lowest BCUT2D eigenvalue weighted by Gasteiger charge is -2.24. The molecule has 1 atom stereocenters. The fourth-order valence-corrected chi connectivity index (χ4v) is 2.31. The van der Waals surface area contributed by atoms with Crippen LogP contribution in [0.4, 0.5) is 8.78 Å². The smallest absolute Gasteiger partial charge is 0.328 e. The van der Waals surface area contributed by atoms with Gasteiger partial charge in [-0.1, -0.05) is 25.1 Å². The van der Waals surface area contributed by atoms with Gasteiger partial charge in [-0.25, -0.2) is 0 Å². The summed E-state index contributed by atoms with van der Waals surface area (Å²) < 4.78 is 33.2. The average Bonchev–Trinajstić information content (AvgIpc) is 2.37. The molecule has 0 radical (unpaired) electrons. The van der Waals surface area contributed by atoms with E-state index in [0.29, 0.717) is 12.2 Å². The van der Waals surface area contributed by atoms with Gasteiger partial charge in [-0.15, -0.1) is 0 Å². The molecule has 0 aliphatic rings. The third-order valence-corrected chi connectivity index (χ3v) is 3.42. The van der Waals surface area contributed by atoms with Gasteiger partial charge >= 0.3 is 5.92 Å². The molecule has 1 unspecified atom stereocenters. The number of para-hydroxylation sites is 1. The molecule has 0 bridgehead atoms. The minimum absolute atomic E-state index is 0.317. The molecule has 1 aromatic carbocycles. The van der Waals surface area contributed by atoms with E-state index < -0.39 is 30.8 Å². The van der Waals surface area contributed by atoms with Crippen LogP contribution in [-0.4, -0.2) is 17.9 Å². The van der Waals surface area contributed by atoms with Gasteiger partial charge in [0.15, 0.2) is 6.49 Å². The van der Waals surface area contributed by atoms with Crippen molar-refractivity contribution in [2.75, 3.05) is 0 Å². The zero-order valence-corrected chi connectivity index (χ0v) is 13.2. The van der Waals surface area contributed by atoms with E-state index >= 15 is 0 Å². The maximum Gasteiger partial charge on any atom is 0.328 e. The maximum atomic E-state index is 13.9. The van der Waals surface area contributed by atoms with E-state index in [9.17, 15) is 13.6 Å². The van der Waals surface area contributed by atoms with Crippen LogP contribution >= 0.6 is 6.49 Å². The van der Waals surface area contributed by atoms with Crippen LogP contribution in [0.25, 0.3) is 0 Å². The number of rotatable bonds is 7. The fraction of sp³-hybridized carbons (Fsp3) is 0.417. The Labute approximate surface area is 127 Å². The number of ether oxygens (including phenoxy) is 1. The summed E-state index contributed by atoms with van der Waals surface area (Å²) in [5, 5.41) is 1.79. The number of amides is 1. The second-order valence-corrected chi connectivity index (χ2v) is 7.98. The summed E-state index contributed by atoms with van der Waals surface area (Å²) in [5.41, 5.74) is 10.5. The average molecular weight is 337 g/mol. The first-order chi connectivity index (χ1) is 9.64. The minimum Gasteiger partial charge on any atom is -0.490 e. The summed E-state index contributed by atoms with van der Waals surface area (Å²) in [7, 11) is 0. The molecule has 0 aliphatic carbocycles. The Kier molecular flexibility index (Phi) is 6.22. The molecule has 0 aromatic heterocycles. The Balaban J connectivity index is 2.70. The summed E-state index contributed by atoms with van der Waals surface area (Å²) in [6, 6.07) is 8.55. The van der Waals surface area contributed by atoms with E-state index in [1.807, 2.05) is 0 Å². The second kappa shape index (κ2) is 7.26. The lowest BCUT2D eigenvalue weighted by molar-refractivity contribution is -0.147. The van der Waals surface area contributed by atoms with Crippen molar-refractivity contribution >= 4 is 24.2 Å². The quantitative estimate of drug-likeness (QED) is 0.663. The molecular formula is C12H18F2N3O2PS. The predicted octanol–water partition coefficient (Wildman–Crippen LogP) is 2.13. The SMILES string of the molecule is CCC(CC(F)(F)C(=O)NP(N)(N)=S)Oc1ccccc1. The minimum atomic E-state index is -3.65. The molecule has 0 heterocycles. The molecule has 0 aliphatic heterocycles. The number of nitrogens with one attached hydrogen (secondary N) is 1. The van der Waals surface area contributed by atoms with Gasteiger partial charge in [-0.05, 0) is 30.4 Å². The van der Waals surface area contributed by atoms with E-state index in [1.54, 1.807) is 42.3 Å². The van der Waals surface area contributed by atoms with E-state index in [4.69, 9.17) is 15.7 Å². The molecule has 1 rings (SSSR count). The van der Waals surface area contributed by atoms with Crippen LogP contribution in [0.2, 0.25) is 0 Å². The van der Waals surface area contributed by atoms with Gasteiger partial charge in [0.25, 0.3) is 5.91 Å². The van der Waals surface area contributed by atoms with Gasteiger partial charge in [0, 0.05) is 0 Å². The van der Waals surface area contributed by atoms with Crippen molar-refractivity contribution in [2.45, 2.75) is 31.8 Å². The highest BCUT2D eigenvalue weighted by atomic mass is 32.4. The molecule has 118 valence electrons. The number of nitrogens with two attached hydrogens (primary N) is 2. The molecule has 0 spiro atoms. The van der Waals surface area contributed by atoms with Crippen molar-refractivity contribution < 1.29 is 18.3 Å². The van der Waals surface area contributed by atoms with Crippen LogP contribution in [0.15, 0.2) is 30.3 Å². The highest BCUT2D eigenvalue weighted by molar-refractivity contribution is 8.11. The number of hydrogen-bond acceptors (Lipinski definition) is 3. The van der Waals surface area contributed by atoms with Crippen molar-refractivity contribution in [2.24, 2.45) is 11.0 Å². The Morgan fingerprint density at radius 1 is 1.43 bits per heavy atom. The zero-order chi connectivity index (χ0) is 16.1. The van der Waals surface area contributed by atoms with Crippen molar-refractivity contribution in [3.05, 3.63) is 30.3 Å². The topological polar surface area (TPSA) is 90.4 Å². The van der Waals surface area contributed by atoms with Crippen LogP contribution in [0, 0.1) is 0 Å². The first-order valence-electron chi connectivity index (χ1n) is 6.23. The van der Waals surface area contributed by atoms with E-state index in [0.717, 1.165) is 0 Å². The summed E-state index contributed by atoms with van der Waals surface area (Å²) in [6.07, 6.45) is -1.28. The third kappa shape index (κ3) is 6.48. The number of hydrogen-bond donors (Lipinski definition) is 3. The largest absolute Gasteiger partial charge is 0.490 e. The highest BCUT2D eigenvalue weighted by Crippen LogP contribution is 2.28. The molecule has 9 heteroatoms. The van der Waals surface area contributed by atoms with Crippen LogP contribution in [-0.2, 0) is 16.6 Å². The lowest BCUT2D eigenvalue weighted by atomic mass is 10.1. The number of alkyl halides is 2. The second-order valence-electron chi connectivity index (χ2n) is 4.52. The van der Waals surface area contributed by atoms with Crippen molar-refractivity contribution in [1.29, 1.82) is 0 Å². The van der Waals surface area contributed by atoms with Gasteiger partial charge in [0.1, 0.15) is 11.9 Å². The molecule has 0 saturated carbocycles. The fourth-order valence-electron chi connectivity index (χ4n) is 1.58. The first kappa shape index (κ1) is 18.0. The molecule has 5 N–H and O–H groups in total. The number of carbonyl (C=O) groups excluding carboxylic acids is 1. The molecule has 5 nitrogen and oxygen atoms in total. The zero-order valence-electron chi connectivity index (χ0n) is 11.5. The summed E-state index contributed by atoms with van der Waals surface area (Å²) in [4.78, 5) is 11.5. The summed E-state index contributed by atoms with van der Waals surface area (Å²) >= 11 is 4.55. The van der Waals surface area contributed by atoms with E-state index in [1.165, 1.54) is 0 Å². The molecule has 0 saturated heterocycles. The summed E-state index contributed by atoms with van der Waals surface area (Å²) in [5.74, 6) is -4.76. The number of benzene rings is 1. The van der Waals surface area contributed by atoms with Crippen LogP contribution in [0.5, 0.6) is 5.75 Å². The maximum absolute atomic E-state index is 13.9. The van der Waals surface area contributed by atoms with Gasteiger partial charge in [0.2, 0.25) is 0 Å². The Bertz CT molecular complexity index is 524. The van der Waals surface area contributed by atoms with Gasteiger partial charge < -0.3 is 9.82 Å². The molecule has 21 heavy (non-hydrogen) atoms. The van der Waals surface area contributed by atoms with Gasteiger partial charge in [-0.2, -0.15) is 8.78 Å². The molecular weight excluding hydrogens is 319 g/mol. The van der Waals surface area contributed by atoms with E-state index in [2.05, 4.69) is 11.8 Å². The van der Waals surface area contributed by atoms with Crippen molar-refractivity contribution in [3.8, 4) is 5.75 Å². The van der Waals surface area contributed by atoms with Crippen LogP contribution in [0.3, 0.4) is 0 Å². The molecule has 1 amide bonds. The Morgan fingerprint density at radius 3 is 2.48 bits per heavy atom. The molecule has 0 fully saturated rings. The highest BCUT2D eigenvalue weighted by Gasteiger charge is 2.42. The van der Waals surface area contributed by atoms with Crippen molar-refractivity contribution in [1.82, 2.24) is 5.09 Å². The lowest BCUT2D eigenvalue weighted by Crippen LogP contribution is -2.44.